The van der Waals surface area contributed by atoms with Gasteiger partial charge in [-0.1, -0.05) is 11.3 Å². The van der Waals surface area contributed by atoms with Crippen LogP contribution in [-0.4, -0.2) is 116 Å². The highest BCUT2D eigenvalue weighted by Gasteiger charge is 2.30. The summed E-state index contributed by atoms with van der Waals surface area (Å²) in [6.45, 7) is 7.00. The van der Waals surface area contributed by atoms with Crippen LogP contribution in [0.3, 0.4) is 0 Å². The third kappa shape index (κ3) is 7.04. The Labute approximate surface area is 253 Å². The first-order valence-corrected chi connectivity index (χ1v) is 16.2. The molecule has 0 bridgehead atoms. The van der Waals surface area contributed by atoms with Crippen LogP contribution in [-0.2, 0) is 14.8 Å². The molecule has 14 nitrogen and oxygen atoms in total. The van der Waals surface area contributed by atoms with Gasteiger partial charge < -0.3 is 19.9 Å². The largest absolute Gasteiger partial charge is 0.450 e. The Bertz CT molecular complexity index is 1580. The van der Waals surface area contributed by atoms with Gasteiger partial charge in [0.25, 0.3) is 11.6 Å². The third-order valence-electron chi connectivity index (χ3n) is 7.45. The maximum absolute atomic E-state index is 13.1. The van der Waals surface area contributed by atoms with Crippen LogP contribution < -0.4 is 10.2 Å². The molecule has 0 saturated carbocycles. The average Bonchev–Trinajstić information content (AvgIpc) is 3.45. The first-order valence-electron chi connectivity index (χ1n) is 14.0. The highest BCUT2D eigenvalue weighted by Crippen LogP contribution is 2.31. The fourth-order valence-corrected chi connectivity index (χ4v) is 7.47. The maximum Gasteiger partial charge on any atom is 0.409 e. The highest BCUT2D eigenvalue weighted by atomic mass is 32.2. The molecule has 16 heteroatoms. The van der Waals surface area contributed by atoms with E-state index in [1.54, 1.807) is 19.1 Å². The molecule has 3 heterocycles. The summed E-state index contributed by atoms with van der Waals surface area (Å²) in [6.07, 6.45) is -0.446. The number of nitrogens with one attached hydrogen (secondary N) is 1. The number of rotatable bonds is 9. The number of piperazine rings is 2. The Kier molecular flexibility index (Phi) is 9.39. The van der Waals surface area contributed by atoms with Gasteiger partial charge in [-0.15, -0.1) is 0 Å². The third-order valence-corrected chi connectivity index (χ3v) is 10.4. The zero-order valence-corrected chi connectivity index (χ0v) is 25.3. The molecule has 0 radical (unpaired) electrons. The van der Waals surface area contributed by atoms with Crippen molar-refractivity contribution in [1.82, 2.24) is 24.4 Å². The molecular formula is C27H33N7O7S2. The number of aromatic nitrogens is 1. The molecule has 1 N–H and O–H groups in total. The number of carbonyl (C=O) groups excluding carboxylic acids is 2. The summed E-state index contributed by atoms with van der Waals surface area (Å²) < 4.78 is 33.2. The van der Waals surface area contributed by atoms with Gasteiger partial charge in [-0.2, -0.15) is 4.31 Å². The normalized spacial score (nSPS) is 16.8. The fraction of sp³-hybridized carbons (Fsp3) is 0.444. The average molecular weight is 632 g/mol. The molecule has 2 aliphatic heterocycles. The van der Waals surface area contributed by atoms with Crippen molar-refractivity contribution in [2.24, 2.45) is 0 Å². The summed E-state index contributed by atoms with van der Waals surface area (Å²) >= 11 is 1.44. The van der Waals surface area contributed by atoms with Crippen molar-refractivity contribution in [3.63, 3.8) is 0 Å². The number of non-ortho nitro benzene ring substituents is 1. The minimum Gasteiger partial charge on any atom is -0.450 e. The van der Waals surface area contributed by atoms with Gasteiger partial charge in [0.1, 0.15) is 0 Å². The number of fused-ring (bicyclic) bond motifs is 1. The van der Waals surface area contributed by atoms with E-state index in [4.69, 9.17) is 4.74 Å². The van der Waals surface area contributed by atoms with Gasteiger partial charge in [-0.3, -0.25) is 19.8 Å². The van der Waals surface area contributed by atoms with Gasteiger partial charge in [0, 0.05) is 83.1 Å². The molecule has 43 heavy (non-hydrogen) atoms. The number of thiazole rings is 1. The van der Waals surface area contributed by atoms with E-state index in [0.717, 1.165) is 41.5 Å². The molecule has 2 aromatic carbocycles. The lowest BCUT2D eigenvalue weighted by atomic mass is 10.2. The summed E-state index contributed by atoms with van der Waals surface area (Å²) in [5.41, 5.74) is 1.17. The molecule has 0 atom stereocenters. The monoisotopic (exact) mass is 631 g/mol. The SMILES string of the molecule is CCOC(=O)N1CCN(S(=O)(=O)c2ccc(C(=O)NCCN3CCN(c4nc5ccc([N+](=O)[O-])cc5s4)CC3)cc2)CC1. The van der Waals surface area contributed by atoms with Crippen LogP contribution in [0.15, 0.2) is 47.4 Å². The van der Waals surface area contributed by atoms with Crippen molar-refractivity contribution in [3.8, 4) is 0 Å². The minimum absolute atomic E-state index is 0.0539. The Hall–Kier alpha value is -3.86. The van der Waals surface area contributed by atoms with Gasteiger partial charge in [0.15, 0.2) is 5.13 Å². The van der Waals surface area contributed by atoms with Crippen molar-refractivity contribution in [1.29, 1.82) is 0 Å². The van der Waals surface area contributed by atoms with Crippen LogP contribution in [0.2, 0.25) is 0 Å². The van der Waals surface area contributed by atoms with Gasteiger partial charge in [0.2, 0.25) is 10.0 Å². The van der Waals surface area contributed by atoms with Crippen LogP contribution in [0.25, 0.3) is 10.2 Å². The molecule has 2 aliphatic rings. The summed E-state index contributed by atoms with van der Waals surface area (Å²) in [4.78, 5) is 45.9. The Morgan fingerprint density at radius 1 is 1.02 bits per heavy atom. The summed E-state index contributed by atoms with van der Waals surface area (Å²) in [7, 11) is -3.75. The predicted octanol–water partition coefficient (Wildman–Crippen LogP) is 2.22. The van der Waals surface area contributed by atoms with Crippen molar-refractivity contribution in [3.05, 3.63) is 58.1 Å². The van der Waals surface area contributed by atoms with Gasteiger partial charge in [0.05, 0.1) is 26.6 Å². The van der Waals surface area contributed by atoms with Gasteiger partial charge in [-0.05, 0) is 37.3 Å². The zero-order chi connectivity index (χ0) is 30.6. The number of nitro benzene ring substituents is 1. The number of hydrogen-bond donors (Lipinski definition) is 1. The Morgan fingerprint density at radius 2 is 1.72 bits per heavy atom. The lowest BCUT2D eigenvalue weighted by Crippen LogP contribution is -2.50. The lowest BCUT2D eigenvalue weighted by Gasteiger charge is -2.34. The molecule has 0 spiro atoms. The van der Waals surface area contributed by atoms with E-state index in [9.17, 15) is 28.1 Å². The number of benzene rings is 2. The van der Waals surface area contributed by atoms with Crippen molar-refractivity contribution in [2.75, 3.05) is 77.0 Å². The number of anilines is 1. The molecular weight excluding hydrogens is 598 g/mol. The number of nitrogens with zero attached hydrogens (tertiary/aromatic N) is 6. The van der Waals surface area contributed by atoms with Crippen LogP contribution in [0, 0.1) is 10.1 Å². The van der Waals surface area contributed by atoms with E-state index in [-0.39, 0.29) is 49.3 Å². The molecule has 1 aromatic heterocycles. The van der Waals surface area contributed by atoms with Crippen molar-refractivity contribution in [2.45, 2.75) is 11.8 Å². The Morgan fingerprint density at radius 3 is 2.37 bits per heavy atom. The molecule has 2 saturated heterocycles. The fourth-order valence-electron chi connectivity index (χ4n) is 5.00. The van der Waals surface area contributed by atoms with Crippen LogP contribution in [0.4, 0.5) is 15.6 Å². The minimum atomic E-state index is -3.75. The summed E-state index contributed by atoms with van der Waals surface area (Å²) in [5.74, 6) is -0.283. The predicted molar refractivity (Wildman–Crippen MR) is 161 cm³/mol. The quantitative estimate of drug-likeness (QED) is 0.274. The second-order valence-corrected chi connectivity index (χ2v) is 13.1. The van der Waals surface area contributed by atoms with Crippen LogP contribution >= 0.6 is 11.3 Å². The smallest absolute Gasteiger partial charge is 0.409 e. The summed E-state index contributed by atoms with van der Waals surface area (Å²) in [6, 6.07) is 10.6. The number of sulfonamides is 1. The van der Waals surface area contributed by atoms with Crippen LogP contribution in [0.5, 0.6) is 0 Å². The number of nitro groups is 1. The maximum atomic E-state index is 13.1. The topological polar surface area (TPSA) is 159 Å². The second kappa shape index (κ2) is 13.2. The molecule has 2 fully saturated rings. The van der Waals surface area contributed by atoms with E-state index in [2.05, 4.69) is 20.1 Å². The standard InChI is InChI=1S/C27H33N7O7S2/c1-2-41-27(36)32-15-17-33(18-16-32)43(39,40)22-6-3-20(4-7-22)25(35)28-9-10-30-11-13-31(14-12-30)26-29-23-8-5-21(34(37)38)19-24(23)42-26/h3-8,19H,2,9-18H2,1H3,(H,28,35). The lowest BCUT2D eigenvalue weighted by molar-refractivity contribution is -0.384. The van der Waals surface area contributed by atoms with Gasteiger partial charge >= 0.3 is 6.09 Å². The second-order valence-electron chi connectivity index (χ2n) is 10.1. The van der Waals surface area contributed by atoms with Crippen LogP contribution in [0.1, 0.15) is 17.3 Å². The molecule has 3 aromatic rings. The van der Waals surface area contributed by atoms with E-state index >= 15 is 0 Å². The van der Waals surface area contributed by atoms with Crippen molar-refractivity contribution < 1.29 is 27.7 Å². The number of hydrogen-bond acceptors (Lipinski definition) is 11. The molecule has 5 rings (SSSR count). The summed E-state index contributed by atoms with van der Waals surface area (Å²) in [5, 5.41) is 14.8. The van der Waals surface area contributed by atoms with Crippen molar-refractivity contribution >= 4 is 54.4 Å². The van der Waals surface area contributed by atoms with E-state index in [1.807, 2.05) is 0 Å². The molecule has 2 amide bonds. The number of ether oxygens (including phenoxy) is 1. The molecule has 0 unspecified atom stereocenters. The highest BCUT2D eigenvalue weighted by molar-refractivity contribution is 7.89. The first-order chi connectivity index (χ1) is 20.7. The molecule has 0 aliphatic carbocycles. The first kappa shape index (κ1) is 30.6. The number of carbonyl (C=O) groups is 2. The molecule has 230 valence electrons. The van der Waals surface area contributed by atoms with E-state index in [1.165, 1.54) is 50.9 Å². The van der Waals surface area contributed by atoms with Gasteiger partial charge in [-0.25, -0.2) is 18.2 Å². The van der Waals surface area contributed by atoms with E-state index < -0.39 is 21.0 Å². The Balaban J connectivity index is 1.06. The van der Waals surface area contributed by atoms with E-state index in [0.29, 0.717) is 18.7 Å². The zero-order valence-electron chi connectivity index (χ0n) is 23.7. The number of amides is 2.